The SMILES string of the molecule is Nc1c(Sc2nnc3ccccn23)ccc2scnc12. The van der Waals surface area contributed by atoms with E-state index in [0.29, 0.717) is 5.69 Å². The van der Waals surface area contributed by atoms with E-state index >= 15 is 0 Å². The molecule has 4 aromatic rings. The van der Waals surface area contributed by atoms with Crippen LogP contribution >= 0.6 is 23.1 Å². The number of nitrogen functional groups attached to an aromatic ring is 1. The van der Waals surface area contributed by atoms with Gasteiger partial charge in [-0.2, -0.15) is 0 Å². The van der Waals surface area contributed by atoms with Gasteiger partial charge < -0.3 is 5.73 Å². The highest BCUT2D eigenvalue weighted by Gasteiger charge is 2.12. The van der Waals surface area contributed by atoms with Crippen LogP contribution in [-0.4, -0.2) is 19.6 Å². The van der Waals surface area contributed by atoms with Crippen LogP contribution in [0, 0.1) is 0 Å². The summed E-state index contributed by atoms with van der Waals surface area (Å²) in [5.41, 5.74) is 10.4. The molecule has 0 saturated carbocycles. The van der Waals surface area contributed by atoms with Crippen molar-refractivity contribution in [2.75, 3.05) is 5.73 Å². The number of nitrogens with zero attached hydrogens (tertiary/aromatic N) is 4. The largest absolute Gasteiger partial charge is 0.396 e. The van der Waals surface area contributed by atoms with Gasteiger partial charge in [0.25, 0.3) is 0 Å². The average Bonchev–Trinajstić information content (AvgIpc) is 3.10. The van der Waals surface area contributed by atoms with Crippen molar-refractivity contribution in [3.63, 3.8) is 0 Å². The standard InChI is InChI=1S/C13H9N5S2/c14-11-8(4-5-9-12(11)15-7-19-9)20-13-17-16-10-3-1-2-6-18(10)13/h1-7H,14H2. The third-order valence-corrected chi connectivity index (χ3v) is 4.82. The van der Waals surface area contributed by atoms with Crippen molar-refractivity contribution in [2.45, 2.75) is 10.1 Å². The first kappa shape index (κ1) is 11.7. The van der Waals surface area contributed by atoms with Crippen LogP contribution in [0.1, 0.15) is 0 Å². The lowest BCUT2D eigenvalue weighted by Gasteiger charge is -2.04. The van der Waals surface area contributed by atoms with Gasteiger partial charge in [0.1, 0.15) is 5.52 Å². The predicted molar refractivity (Wildman–Crippen MR) is 81.1 cm³/mol. The van der Waals surface area contributed by atoms with Gasteiger partial charge in [0, 0.05) is 11.1 Å². The Hall–Kier alpha value is -2.12. The molecule has 1 aromatic carbocycles. The van der Waals surface area contributed by atoms with Gasteiger partial charge in [-0.3, -0.25) is 4.40 Å². The summed E-state index contributed by atoms with van der Waals surface area (Å²) < 4.78 is 3.04. The molecule has 0 aliphatic rings. The molecule has 0 unspecified atom stereocenters. The maximum absolute atomic E-state index is 6.19. The molecular weight excluding hydrogens is 290 g/mol. The molecular formula is C13H9N5S2. The number of thiazole rings is 1. The Kier molecular flexibility index (Phi) is 2.61. The van der Waals surface area contributed by atoms with Crippen LogP contribution in [0.3, 0.4) is 0 Å². The number of benzene rings is 1. The average molecular weight is 299 g/mol. The molecule has 0 bridgehead atoms. The Labute approximate surface area is 122 Å². The fourth-order valence-corrected chi connectivity index (χ4v) is 3.58. The molecule has 98 valence electrons. The fraction of sp³-hybridized carbons (Fsp3) is 0. The molecule has 0 saturated heterocycles. The van der Waals surface area contributed by atoms with E-state index in [1.54, 1.807) is 11.3 Å². The summed E-state index contributed by atoms with van der Waals surface area (Å²) >= 11 is 3.08. The van der Waals surface area contributed by atoms with Crippen LogP contribution < -0.4 is 5.73 Å². The van der Waals surface area contributed by atoms with Gasteiger partial charge in [-0.1, -0.05) is 6.07 Å². The Bertz CT molecular complexity index is 911. The molecule has 2 N–H and O–H groups in total. The van der Waals surface area contributed by atoms with Crippen molar-refractivity contribution in [1.29, 1.82) is 0 Å². The van der Waals surface area contributed by atoms with Crippen molar-refractivity contribution in [2.24, 2.45) is 0 Å². The quantitative estimate of drug-likeness (QED) is 0.576. The highest BCUT2D eigenvalue weighted by Crippen LogP contribution is 2.36. The number of anilines is 1. The number of nitrogens with two attached hydrogens (primary N) is 1. The molecule has 0 aliphatic carbocycles. The van der Waals surface area contributed by atoms with Crippen LogP contribution in [-0.2, 0) is 0 Å². The molecule has 0 atom stereocenters. The van der Waals surface area contributed by atoms with E-state index in [4.69, 9.17) is 5.73 Å². The third kappa shape index (κ3) is 1.75. The second-order valence-electron chi connectivity index (χ2n) is 4.19. The van der Waals surface area contributed by atoms with E-state index in [2.05, 4.69) is 15.2 Å². The highest BCUT2D eigenvalue weighted by atomic mass is 32.2. The van der Waals surface area contributed by atoms with Crippen molar-refractivity contribution in [3.05, 3.63) is 42.0 Å². The van der Waals surface area contributed by atoms with E-state index < -0.39 is 0 Å². The molecule has 5 nitrogen and oxygen atoms in total. The first-order valence-corrected chi connectivity index (χ1v) is 7.62. The lowest BCUT2D eigenvalue weighted by Crippen LogP contribution is -1.92. The fourth-order valence-electron chi connectivity index (χ4n) is 2.01. The Morgan fingerprint density at radius 2 is 2.10 bits per heavy atom. The second-order valence-corrected chi connectivity index (χ2v) is 6.09. The zero-order valence-electron chi connectivity index (χ0n) is 10.2. The topological polar surface area (TPSA) is 69.1 Å². The third-order valence-electron chi connectivity index (χ3n) is 2.99. The molecule has 0 amide bonds. The van der Waals surface area contributed by atoms with Crippen molar-refractivity contribution in [3.8, 4) is 0 Å². The van der Waals surface area contributed by atoms with E-state index in [0.717, 1.165) is 25.9 Å². The lowest BCUT2D eigenvalue weighted by atomic mass is 10.3. The zero-order chi connectivity index (χ0) is 13.5. The minimum absolute atomic E-state index is 0.696. The van der Waals surface area contributed by atoms with Crippen LogP contribution in [0.2, 0.25) is 0 Å². The number of fused-ring (bicyclic) bond motifs is 2. The molecule has 3 heterocycles. The van der Waals surface area contributed by atoms with Crippen LogP contribution in [0.4, 0.5) is 5.69 Å². The van der Waals surface area contributed by atoms with Crippen molar-refractivity contribution < 1.29 is 0 Å². The smallest absolute Gasteiger partial charge is 0.200 e. The van der Waals surface area contributed by atoms with E-state index in [-0.39, 0.29) is 0 Å². The first-order valence-electron chi connectivity index (χ1n) is 5.92. The van der Waals surface area contributed by atoms with Crippen LogP contribution in [0.25, 0.3) is 15.9 Å². The minimum Gasteiger partial charge on any atom is -0.396 e. The predicted octanol–water partition coefficient (Wildman–Crippen LogP) is 3.07. The van der Waals surface area contributed by atoms with E-state index in [1.807, 2.05) is 46.4 Å². The molecule has 0 fully saturated rings. The Balaban J connectivity index is 1.82. The van der Waals surface area contributed by atoms with Crippen LogP contribution in [0.15, 0.2) is 52.1 Å². The molecule has 3 aromatic heterocycles. The first-order chi connectivity index (χ1) is 9.83. The minimum atomic E-state index is 0.696. The summed E-state index contributed by atoms with van der Waals surface area (Å²) in [4.78, 5) is 5.25. The van der Waals surface area contributed by atoms with Gasteiger partial charge >= 0.3 is 0 Å². The Morgan fingerprint density at radius 3 is 3.05 bits per heavy atom. The number of hydrogen-bond donors (Lipinski definition) is 1. The second kappa shape index (κ2) is 4.46. The Morgan fingerprint density at radius 1 is 1.15 bits per heavy atom. The summed E-state index contributed by atoms with van der Waals surface area (Å²) in [6, 6.07) is 9.85. The van der Waals surface area contributed by atoms with Gasteiger partial charge in [-0.05, 0) is 36.0 Å². The number of hydrogen-bond acceptors (Lipinski definition) is 6. The van der Waals surface area contributed by atoms with E-state index in [9.17, 15) is 0 Å². The summed E-state index contributed by atoms with van der Waals surface area (Å²) in [6.07, 6.45) is 1.94. The molecule has 7 heteroatoms. The molecule has 20 heavy (non-hydrogen) atoms. The molecule has 4 rings (SSSR count). The lowest BCUT2D eigenvalue weighted by molar-refractivity contribution is 0.922. The maximum atomic E-state index is 6.19. The zero-order valence-corrected chi connectivity index (χ0v) is 11.9. The maximum Gasteiger partial charge on any atom is 0.200 e. The van der Waals surface area contributed by atoms with Crippen molar-refractivity contribution >= 4 is 44.6 Å². The highest BCUT2D eigenvalue weighted by molar-refractivity contribution is 7.99. The van der Waals surface area contributed by atoms with Gasteiger partial charge in [-0.15, -0.1) is 21.5 Å². The molecule has 0 aliphatic heterocycles. The van der Waals surface area contributed by atoms with Crippen LogP contribution in [0.5, 0.6) is 0 Å². The van der Waals surface area contributed by atoms with Crippen molar-refractivity contribution in [1.82, 2.24) is 19.6 Å². The summed E-state index contributed by atoms with van der Waals surface area (Å²) in [5, 5.41) is 9.13. The monoisotopic (exact) mass is 299 g/mol. The summed E-state index contributed by atoms with van der Waals surface area (Å²) in [6.45, 7) is 0. The molecule has 0 radical (unpaired) electrons. The number of rotatable bonds is 2. The summed E-state index contributed by atoms with van der Waals surface area (Å²) in [7, 11) is 0. The summed E-state index contributed by atoms with van der Waals surface area (Å²) in [5.74, 6) is 0. The number of aromatic nitrogens is 4. The van der Waals surface area contributed by atoms with Gasteiger partial charge in [0.2, 0.25) is 5.16 Å². The van der Waals surface area contributed by atoms with Gasteiger partial charge in [-0.25, -0.2) is 4.98 Å². The number of pyridine rings is 1. The van der Waals surface area contributed by atoms with E-state index in [1.165, 1.54) is 11.8 Å². The van der Waals surface area contributed by atoms with Gasteiger partial charge in [0.05, 0.1) is 15.9 Å². The normalized spacial score (nSPS) is 11.4. The van der Waals surface area contributed by atoms with Gasteiger partial charge in [0.15, 0.2) is 5.65 Å². The molecule has 0 spiro atoms.